The highest BCUT2D eigenvalue weighted by molar-refractivity contribution is 5.75. The summed E-state index contributed by atoms with van der Waals surface area (Å²) in [5.41, 5.74) is 2.67. The Bertz CT molecular complexity index is 630. The van der Waals surface area contributed by atoms with Gasteiger partial charge in [-0.2, -0.15) is 0 Å². The second kappa shape index (κ2) is 6.91. The minimum absolute atomic E-state index is 0.167. The second-order valence-electron chi connectivity index (χ2n) is 5.78. The maximum absolute atomic E-state index is 11.3. The van der Waals surface area contributed by atoms with E-state index < -0.39 is 0 Å². The van der Waals surface area contributed by atoms with Gasteiger partial charge in [0.25, 0.3) is 0 Å². The third-order valence-corrected chi connectivity index (χ3v) is 3.81. The van der Waals surface area contributed by atoms with E-state index in [1.165, 1.54) is 0 Å². The largest absolute Gasteiger partial charge is 0.380 e. The monoisotopic (exact) mass is 291 g/mol. The van der Waals surface area contributed by atoms with E-state index in [0.29, 0.717) is 18.6 Å². The van der Waals surface area contributed by atoms with Gasteiger partial charge in [-0.05, 0) is 37.5 Å². The molecule has 5 heteroatoms. The highest BCUT2D eigenvalue weighted by Crippen LogP contribution is 2.18. The van der Waals surface area contributed by atoms with Gasteiger partial charge in [0.15, 0.2) is 0 Å². The first-order chi connectivity index (χ1) is 10.0. The molecule has 2 rings (SSSR count). The van der Waals surface area contributed by atoms with Gasteiger partial charge in [0.05, 0.1) is 17.6 Å². The average Bonchev–Trinajstić information content (AvgIpc) is 2.81. The Morgan fingerprint density at radius 1 is 1.19 bits per heavy atom. The number of benzene rings is 1. The number of rotatable bonds is 7. The lowest BCUT2D eigenvalue weighted by atomic mass is 10.0. The molecule has 3 N–H and O–H groups in total. The minimum atomic E-state index is -0.167. The molecule has 0 radical (unpaired) electrons. The van der Waals surface area contributed by atoms with Crippen molar-refractivity contribution in [3.05, 3.63) is 34.2 Å². The molecule has 0 saturated carbocycles. The Labute approximate surface area is 125 Å². The van der Waals surface area contributed by atoms with Crippen LogP contribution in [0.15, 0.2) is 23.0 Å². The van der Waals surface area contributed by atoms with Gasteiger partial charge in [0.1, 0.15) is 0 Å². The molecular weight excluding hydrogens is 266 g/mol. The Morgan fingerprint density at radius 3 is 2.57 bits per heavy atom. The zero-order valence-electron chi connectivity index (χ0n) is 13.2. The number of H-pyrrole nitrogens is 2. The van der Waals surface area contributed by atoms with Crippen molar-refractivity contribution in [2.24, 2.45) is 5.92 Å². The molecule has 0 amide bonds. The zero-order valence-corrected chi connectivity index (χ0v) is 13.2. The summed E-state index contributed by atoms with van der Waals surface area (Å²) in [4.78, 5) is 16.9. The molecule has 0 aliphatic carbocycles. The predicted molar refractivity (Wildman–Crippen MR) is 85.6 cm³/mol. The van der Waals surface area contributed by atoms with Gasteiger partial charge in [-0.3, -0.25) is 0 Å². The molecule has 2 atom stereocenters. The van der Waals surface area contributed by atoms with Crippen molar-refractivity contribution in [1.29, 1.82) is 0 Å². The van der Waals surface area contributed by atoms with Gasteiger partial charge in [0, 0.05) is 18.7 Å². The molecule has 5 nitrogen and oxygen atoms in total. The summed E-state index contributed by atoms with van der Waals surface area (Å²) < 4.78 is 5.55. The summed E-state index contributed by atoms with van der Waals surface area (Å²) in [6, 6.07) is 6.50. The van der Waals surface area contributed by atoms with Crippen LogP contribution >= 0.6 is 0 Å². The quantitative estimate of drug-likeness (QED) is 0.734. The van der Waals surface area contributed by atoms with Crippen LogP contribution in [0.3, 0.4) is 0 Å². The van der Waals surface area contributed by atoms with Gasteiger partial charge in [-0.1, -0.05) is 19.9 Å². The van der Waals surface area contributed by atoms with Gasteiger partial charge in [-0.25, -0.2) is 4.79 Å². The van der Waals surface area contributed by atoms with E-state index in [9.17, 15) is 4.79 Å². The topological polar surface area (TPSA) is 69.9 Å². The van der Waals surface area contributed by atoms with Crippen molar-refractivity contribution in [3.63, 3.8) is 0 Å². The van der Waals surface area contributed by atoms with Crippen LogP contribution in [0.5, 0.6) is 0 Å². The second-order valence-corrected chi connectivity index (χ2v) is 5.78. The number of imidazole rings is 1. The molecule has 0 fully saturated rings. The van der Waals surface area contributed by atoms with E-state index in [2.05, 4.69) is 36.1 Å². The highest BCUT2D eigenvalue weighted by atomic mass is 16.5. The van der Waals surface area contributed by atoms with Crippen molar-refractivity contribution < 1.29 is 4.74 Å². The zero-order chi connectivity index (χ0) is 15.4. The van der Waals surface area contributed by atoms with E-state index in [1.54, 1.807) is 0 Å². The van der Waals surface area contributed by atoms with E-state index >= 15 is 0 Å². The Kier molecular flexibility index (Phi) is 5.20. The fourth-order valence-corrected chi connectivity index (χ4v) is 2.41. The van der Waals surface area contributed by atoms with Gasteiger partial charge >= 0.3 is 5.69 Å². The molecule has 0 bridgehead atoms. The van der Waals surface area contributed by atoms with Crippen molar-refractivity contribution in [1.82, 2.24) is 15.3 Å². The van der Waals surface area contributed by atoms with Crippen LogP contribution in [0.2, 0.25) is 0 Å². The third-order valence-electron chi connectivity index (χ3n) is 3.81. The lowest BCUT2D eigenvalue weighted by Gasteiger charge is -2.26. The normalized spacial score (nSPS) is 14.7. The van der Waals surface area contributed by atoms with Crippen LogP contribution in [0.25, 0.3) is 11.0 Å². The molecule has 1 aromatic heterocycles. The molecule has 0 saturated heterocycles. The molecule has 0 spiro atoms. The van der Waals surface area contributed by atoms with Crippen LogP contribution in [-0.2, 0) is 4.74 Å². The Hall–Kier alpha value is -1.59. The minimum Gasteiger partial charge on any atom is -0.380 e. The first kappa shape index (κ1) is 15.8. The lowest BCUT2D eigenvalue weighted by molar-refractivity contribution is 0.104. The number of ether oxygens (including phenoxy) is 1. The van der Waals surface area contributed by atoms with Gasteiger partial charge in [-0.15, -0.1) is 0 Å². The van der Waals surface area contributed by atoms with Crippen LogP contribution in [0, 0.1) is 5.92 Å². The van der Waals surface area contributed by atoms with Gasteiger partial charge < -0.3 is 20.0 Å². The number of aromatic amines is 2. The maximum Gasteiger partial charge on any atom is 0.323 e. The summed E-state index contributed by atoms with van der Waals surface area (Å²) in [7, 11) is 0. The summed E-state index contributed by atoms with van der Waals surface area (Å²) in [5, 5.41) is 3.61. The summed E-state index contributed by atoms with van der Waals surface area (Å²) in [6.07, 6.45) is 0. The van der Waals surface area contributed by atoms with Crippen molar-refractivity contribution in [2.75, 3.05) is 13.2 Å². The number of hydrogen-bond donors (Lipinski definition) is 3. The van der Waals surface area contributed by atoms with Crippen molar-refractivity contribution in [2.45, 2.75) is 39.8 Å². The summed E-state index contributed by atoms with van der Waals surface area (Å²) in [5.74, 6) is 0.495. The van der Waals surface area contributed by atoms with E-state index in [4.69, 9.17) is 4.74 Å². The number of aromatic nitrogens is 2. The van der Waals surface area contributed by atoms with E-state index in [0.717, 1.165) is 23.2 Å². The fraction of sp³-hybridized carbons (Fsp3) is 0.562. The molecule has 21 heavy (non-hydrogen) atoms. The Morgan fingerprint density at radius 2 is 1.90 bits per heavy atom. The summed E-state index contributed by atoms with van der Waals surface area (Å²) in [6.45, 7) is 9.97. The smallest absolute Gasteiger partial charge is 0.323 e. The maximum atomic E-state index is 11.3. The van der Waals surface area contributed by atoms with Crippen LogP contribution in [0.4, 0.5) is 0 Å². The van der Waals surface area contributed by atoms with Crippen LogP contribution in [-0.4, -0.2) is 29.2 Å². The van der Waals surface area contributed by atoms with Crippen molar-refractivity contribution in [3.8, 4) is 0 Å². The van der Waals surface area contributed by atoms with Crippen LogP contribution in [0.1, 0.15) is 39.3 Å². The fourth-order valence-electron chi connectivity index (χ4n) is 2.41. The number of hydrogen-bond acceptors (Lipinski definition) is 3. The molecule has 116 valence electrons. The van der Waals surface area contributed by atoms with E-state index in [-0.39, 0.29) is 11.7 Å². The average molecular weight is 291 g/mol. The molecule has 1 aromatic carbocycles. The van der Waals surface area contributed by atoms with Gasteiger partial charge in [0.2, 0.25) is 0 Å². The molecule has 1 heterocycles. The molecular formula is C16H25N3O2. The van der Waals surface area contributed by atoms with E-state index in [1.807, 2.05) is 25.1 Å². The lowest BCUT2D eigenvalue weighted by Crippen LogP contribution is -2.39. The van der Waals surface area contributed by atoms with Crippen LogP contribution < -0.4 is 11.0 Å². The van der Waals surface area contributed by atoms with Crippen molar-refractivity contribution >= 4 is 11.0 Å². The third kappa shape index (κ3) is 3.95. The Balaban J connectivity index is 2.12. The number of nitrogens with one attached hydrogen (secondary N) is 3. The predicted octanol–water partition coefficient (Wildman–Crippen LogP) is 2.57. The SMILES string of the molecule is CCOCC(NC(C)c1ccc2[nH]c(=O)[nH]c2c1)C(C)C. The first-order valence-corrected chi connectivity index (χ1v) is 7.57. The molecule has 0 aliphatic heterocycles. The first-order valence-electron chi connectivity index (χ1n) is 7.57. The standard InChI is InChI=1S/C16H25N3O2/c1-5-21-9-15(10(2)3)17-11(4)12-6-7-13-14(8-12)19-16(20)18-13/h6-8,10-11,15,17H,5,9H2,1-4H3,(H2,18,19,20). The molecule has 2 aromatic rings. The molecule has 0 aliphatic rings. The number of fused-ring (bicyclic) bond motifs is 1. The molecule has 2 unspecified atom stereocenters. The summed E-state index contributed by atoms with van der Waals surface area (Å²) >= 11 is 0. The highest BCUT2D eigenvalue weighted by Gasteiger charge is 2.17.